The molecule has 0 aliphatic carbocycles. The number of benzene rings is 3. The summed E-state index contributed by atoms with van der Waals surface area (Å²) in [6.45, 7) is 4.01. The Balaban J connectivity index is 1.56. The van der Waals surface area contributed by atoms with Gasteiger partial charge in [0.05, 0.1) is 47.1 Å². The van der Waals surface area contributed by atoms with Gasteiger partial charge in [-0.1, -0.05) is 47.2 Å². The number of esters is 1. The highest BCUT2D eigenvalue weighted by molar-refractivity contribution is 9.10. The molecule has 5 rings (SSSR count). The summed E-state index contributed by atoms with van der Waals surface area (Å²) in [7, 11) is 3.14. The summed E-state index contributed by atoms with van der Waals surface area (Å²) in [5.41, 5.74) is 2.94. The van der Waals surface area contributed by atoms with E-state index >= 15 is 0 Å². The molecule has 1 aliphatic rings. The van der Waals surface area contributed by atoms with Crippen LogP contribution in [0.5, 0.6) is 17.2 Å². The number of nitrogens with zero attached hydrogens (tertiary/aromatic N) is 2. The van der Waals surface area contributed by atoms with E-state index < -0.39 is 12.0 Å². The van der Waals surface area contributed by atoms with Crippen LogP contribution >= 0.6 is 38.9 Å². The third-order valence-electron chi connectivity index (χ3n) is 6.79. The molecule has 0 unspecified atom stereocenters. The van der Waals surface area contributed by atoms with Crippen molar-refractivity contribution in [3.63, 3.8) is 0 Å². The van der Waals surface area contributed by atoms with Crippen molar-refractivity contribution in [2.24, 2.45) is 4.99 Å². The molecular weight excluding hydrogens is 656 g/mol. The number of hydrogen-bond donors (Lipinski definition) is 0. The highest BCUT2D eigenvalue weighted by Gasteiger charge is 2.33. The molecule has 1 aliphatic heterocycles. The van der Waals surface area contributed by atoms with Crippen molar-refractivity contribution in [2.75, 3.05) is 20.8 Å². The first-order chi connectivity index (χ1) is 20.7. The van der Waals surface area contributed by atoms with Crippen molar-refractivity contribution in [3.05, 3.63) is 118 Å². The Morgan fingerprint density at radius 2 is 1.81 bits per heavy atom. The van der Waals surface area contributed by atoms with Gasteiger partial charge in [-0.05, 0) is 88.9 Å². The van der Waals surface area contributed by atoms with Crippen LogP contribution in [-0.2, 0) is 16.1 Å². The van der Waals surface area contributed by atoms with Crippen LogP contribution in [0.3, 0.4) is 0 Å². The van der Waals surface area contributed by atoms with Gasteiger partial charge in [-0.2, -0.15) is 0 Å². The largest absolute Gasteiger partial charge is 0.497 e. The Morgan fingerprint density at radius 1 is 1.09 bits per heavy atom. The van der Waals surface area contributed by atoms with Crippen molar-refractivity contribution in [3.8, 4) is 17.2 Å². The van der Waals surface area contributed by atoms with Crippen LogP contribution in [-0.4, -0.2) is 31.4 Å². The van der Waals surface area contributed by atoms with Crippen LogP contribution in [0.15, 0.2) is 86.2 Å². The van der Waals surface area contributed by atoms with Crippen LogP contribution in [0.2, 0.25) is 5.02 Å². The van der Waals surface area contributed by atoms with Gasteiger partial charge in [0.2, 0.25) is 0 Å². The van der Waals surface area contributed by atoms with Crippen molar-refractivity contribution < 1.29 is 23.7 Å². The summed E-state index contributed by atoms with van der Waals surface area (Å²) >= 11 is 10.8. The highest BCUT2D eigenvalue weighted by Crippen LogP contribution is 2.37. The first-order valence-corrected chi connectivity index (χ1v) is 15.3. The molecule has 0 bridgehead atoms. The van der Waals surface area contributed by atoms with Crippen LogP contribution in [0, 0.1) is 0 Å². The van der Waals surface area contributed by atoms with Crippen molar-refractivity contribution in [1.82, 2.24) is 4.57 Å². The summed E-state index contributed by atoms with van der Waals surface area (Å²) in [5.74, 6) is 1.18. The van der Waals surface area contributed by atoms with Gasteiger partial charge < -0.3 is 18.9 Å². The summed E-state index contributed by atoms with van der Waals surface area (Å²) in [6.07, 6.45) is 1.77. The molecule has 8 nitrogen and oxygen atoms in total. The van der Waals surface area contributed by atoms with Crippen LogP contribution in [0.25, 0.3) is 6.08 Å². The van der Waals surface area contributed by atoms with Crippen molar-refractivity contribution in [1.29, 1.82) is 0 Å². The SMILES string of the molecule is CCOC(=O)C1=C(C)N=c2s/c(=C/c3cc(Br)c(OCc4ccc(Cl)cc4)c(OC)c3)c(=O)n2[C@H]1c1ccc(OC)cc1. The molecule has 11 heteroatoms. The number of ether oxygens (including phenoxy) is 4. The molecule has 2 heterocycles. The molecule has 1 aromatic heterocycles. The average molecular weight is 684 g/mol. The van der Waals surface area contributed by atoms with E-state index in [2.05, 4.69) is 20.9 Å². The van der Waals surface area contributed by atoms with Crippen LogP contribution in [0.4, 0.5) is 0 Å². The summed E-state index contributed by atoms with van der Waals surface area (Å²) < 4.78 is 25.0. The fourth-order valence-electron chi connectivity index (χ4n) is 4.74. The molecule has 4 aromatic rings. The van der Waals surface area contributed by atoms with Gasteiger partial charge in [0, 0.05) is 5.02 Å². The van der Waals surface area contributed by atoms with Gasteiger partial charge in [0.1, 0.15) is 12.4 Å². The number of carbonyl (C=O) groups is 1. The van der Waals surface area contributed by atoms with E-state index in [0.717, 1.165) is 16.7 Å². The summed E-state index contributed by atoms with van der Waals surface area (Å²) in [6, 6.07) is 17.6. The third kappa shape index (κ3) is 6.41. The lowest BCUT2D eigenvalue weighted by atomic mass is 9.96. The molecule has 0 fully saturated rings. The van der Waals surface area contributed by atoms with Crippen LogP contribution < -0.4 is 29.1 Å². The smallest absolute Gasteiger partial charge is 0.338 e. The molecule has 0 spiro atoms. The number of rotatable bonds is 9. The van der Waals surface area contributed by atoms with Gasteiger partial charge in [0.25, 0.3) is 5.56 Å². The van der Waals surface area contributed by atoms with E-state index in [1.165, 1.54) is 11.3 Å². The topological polar surface area (TPSA) is 88.4 Å². The molecule has 3 aromatic carbocycles. The van der Waals surface area contributed by atoms with E-state index in [1.807, 2.05) is 42.5 Å². The standard InChI is InChI=1S/C32H28BrClN2O6S/c1-5-41-31(38)27-18(2)35-32-36(28(27)21-8-12-23(39-3)13-9-21)30(37)26(43-32)16-20-14-24(33)29(25(15-20)40-4)42-17-19-6-10-22(34)11-7-19/h6-16,28H,5,17H2,1-4H3/b26-16+/t28-/m0/s1. The number of carbonyl (C=O) groups excluding carboxylic acids is 1. The van der Waals surface area contributed by atoms with E-state index in [1.54, 1.807) is 56.9 Å². The first kappa shape index (κ1) is 30.6. The molecule has 0 saturated heterocycles. The van der Waals surface area contributed by atoms with Crippen molar-refractivity contribution in [2.45, 2.75) is 26.5 Å². The molecule has 1 atom stereocenters. The fraction of sp³-hybridized carbons (Fsp3) is 0.219. The number of thiazole rings is 1. The zero-order chi connectivity index (χ0) is 30.7. The molecule has 0 radical (unpaired) electrons. The molecule has 222 valence electrons. The minimum Gasteiger partial charge on any atom is -0.497 e. The Kier molecular flexibility index (Phi) is 9.39. The number of halogens is 2. The summed E-state index contributed by atoms with van der Waals surface area (Å²) in [5, 5.41) is 0.653. The predicted molar refractivity (Wildman–Crippen MR) is 170 cm³/mol. The number of allylic oxidation sites excluding steroid dienone is 1. The second-order valence-electron chi connectivity index (χ2n) is 9.52. The van der Waals surface area contributed by atoms with Crippen LogP contribution in [0.1, 0.15) is 36.6 Å². The molecule has 0 N–H and O–H groups in total. The maximum atomic E-state index is 14.0. The highest BCUT2D eigenvalue weighted by atomic mass is 79.9. The Hall–Kier alpha value is -3.86. The number of aromatic nitrogens is 1. The minimum absolute atomic E-state index is 0.200. The van der Waals surface area contributed by atoms with Crippen molar-refractivity contribution >= 4 is 50.9 Å². The average Bonchev–Trinajstić information content (AvgIpc) is 3.30. The summed E-state index contributed by atoms with van der Waals surface area (Å²) in [4.78, 5) is 32.2. The molecule has 0 saturated carbocycles. The molecule has 43 heavy (non-hydrogen) atoms. The van der Waals surface area contributed by atoms with Gasteiger partial charge >= 0.3 is 5.97 Å². The Labute approximate surface area is 265 Å². The lowest BCUT2D eigenvalue weighted by Crippen LogP contribution is -2.39. The monoisotopic (exact) mass is 682 g/mol. The Bertz CT molecular complexity index is 1880. The predicted octanol–water partition coefficient (Wildman–Crippen LogP) is 5.81. The number of methoxy groups -OCH3 is 2. The number of fused-ring (bicyclic) bond motifs is 1. The second kappa shape index (κ2) is 13.2. The van der Waals surface area contributed by atoms with E-state index in [-0.39, 0.29) is 12.2 Å². The zero-order valence-electron chi connectivity index (χ0n) is 23.9. The minimum atomic E-state index is -0.715. The quantitative estimate of drug-likeness (QED) is 0.207. The van der Waals surface area contributed by atoms with Gasteiger partial charge in [-0.25, -0.2) is 9.79 Å². The first-order valence-electron chi connectivity index (χ1n) is 13.3. The Morgan fingerprint density at radius 3 is 2.47 bits per heavy atom. The second-order valence-corrected chi connectivity index (χ2v) is 11.8. The van der Waals surface area contributed by atoms with Gasteiger partial charge in [-0.3, -0.25) is 9.36 Å². The van der Waals surface area contributed by atoms with E-state index in [4.69, 9.17) is 30.5 Å². The lowest BCUT2D eigenvalue weighted by molar-refractivity contribution is -0.139. The fourth-order valence-corrected chi connectivity index (χ4v) is 6.49. The lowest BCUT2D eigenvalue weighted by Gasteiger charge is -2.24. The van der Waals surface area contributed by atoms with Gasteiger partial charge in [-0.15, -0.1) is 0 Å². The zero-order valence-corrected chi connectivity index (χ0v) is 27.0. The van der Waals surface area contributed by atoms with E-state index in [0.29, 0.717) is 54.0 Å². The normalized spacial score (nSPS) is 14.7. The maximum Gasteiger partial charge on any atom is 0.338 e. The molecular formula is C32H28BrClN2O6S. The number of hydrogen-bond acceptors (Lipinski definition) is 8. The molecule has 0 amide bonds. The third-order valence-corrected chi connectivity index (χ3v) is 8.62. The van der Waals surface area contributed by atoms with E-state index in [9.17, 15) is 9.59 Å². The maximum absolute atomic E-state index is 14.0. The van der Waals surface area contributed by atoms with Gasteiger partial charge in [0.15, 0.2) is 16.3 Å².